The molecule has 1 heterocycles. The second-order valence-corrected chi connectivity index (χ2v) is 5.07. The maximum atomic E-state index is 11.0. The Bertz CT molecular complexity index is 353. The van der Waals surface area contributed by atoms with E-state index in [1.54, 1.807) is 11.3 Å². The van der Waals surface area contributed by atoms with E-state index in [-0.39, 0.29) is 5.97 Å². The van der Waals surface area contributed by atoms with Gasteiger partial charge in [-0.05, 0) is 6.42 Å². The zero-order valence-electron chi connectivity index (χ0n) is 11.2. The average molecular weight is 270 g/mol. The van der Waals surface area contributed by atoms with E-state index < -0.39 is 0 Å². The molecular weight excluding hydrogens is 248 g/mol. The Morgan fingerprint density at radius 1 is 1.44 bits per heavy atom. The van der Waals surface area contributed by atoms with Gasteiger partial charge in [0.25, 0.3) is 0 Å². The highest BCUT2D eigenvalue weighted by atomic mass is 32.1. The number of nitrogens with one attached hydrogen (secondary N) is 1. The SMILES string of the molecule is CCCCCCNc1nc(CCC(=O)OC)cs1. The number of aryl methyl sites for hydroxylation is 1. The first-order chi connectivity index (χ1) is 8.76. The van der Waals surface area contributed by atoms with Gasteiger partial charge in [0, 0.05) is 18.3 Å². The molecule has 1 aromatic heterocycles. The molecule has 0 aliphatic heterocycles. The number of hydrogen-bond donors (Lipinski definition) is 1. The van der Waals surface area contributed by atoms with E-state index in [1.807, 2.05) is 5.38 Å². The van der Waals surface area contributed by atoms with E-state index >= 15 is 0 Å². The summed E-state index contributed by atoms with van der Waals surface area (Å²) in [7, 11) is 1.41. The van der Waals surface area contributed by atoms with Crippen molar-refractivity contribution in [3.8, 4) is 0 Å². The summed E-state index contributed by atoms with van der Waals surface area (Å²) in [6.45, 7) is 3.19. The summed E-state index contributed by atoms with van der Waals surface area (Å²) < 4.78 is 4.60. The quantitative estimate of drug-likeness (QED) is 0.553. The maximum Gasteiger partial charge on any atom is 0.305 e. The predicted molar refractivity (Wildman–Crippen MR) is 75.1 cm³/mol. The largest absolute Gasteiger partial charge is 0.469 e. The zero-order chi connectivity index (χ0) is 13.2. The minimum absolute atomic E-state index is 0.183. The number of ether oxygens (including phenoxy) is 1. The lowest BCUT2D eigenvalue weighted by molar-refractivity contribution is -0.140. The Kier molecular flexibility index (Phi) is 7.41. The first-order valence-electron chi connectivity index (χ1n) is 6.51. The molecule has 0 amide bonds. The molecule has 0 aliphatic rings. The van der Waals surface area contributed by atoms with Crippen LogP contribution in [0.5, 0.6) is 0 Å². The van der Waals surface area contributed by atoms with Crippen LogP contribution < -0.4 is 5.32 Å². The van der Waals surface area contributed by atoms with Crippen LogP contribution in [0.25, 0.3) is 0 Å². The minimum Gasteiger partial charge on any atom is -0.469 e. The molecular formula is C13H22N2O2S. The van der Waals surface area contributed by atoms with Crippen molar-refractivity contribution >= 4 is 22.4 Å². The van der Waals surface area contributed by atoms with Crippen molar-refractivity contribution in [3.05, 3.63) is 11.1 Å². The lowest BCUT2D eigenvalue weighted by Gasteiger charge is -2.01. The van der Waals surface area contributed by atoms with Crippen LogP contribution in [0.4, 0.5) is 5.13 Å². The van der Waals surface area contributed by atoms with Crippen LogP contribution in [0.1, 0.15) is 44.7 Å². The van der Waals surface area contributed by atoms with E-state index in [0.29, 0.717) is 12.8 Å². The van der Waals surface area contributed by atoms with Crippen molar-refractivity contribution in [1.29, 1.82) is 0 Å². The molecule has 0 aliphatic carbocycles. The van der Waals surface area contributed by atoms with Crippen LogP contribution in [-0.2, 0) is 16.0 Å². The molecule has 0 aromatic carbocycles. The van der Waals surface area contributed by atoms with E-state index in [0.717, 1.165) is 17.4 Å². The molecule has 1 N–H and O–H groups in total. The van der Waals surface area contributed by atoms with Crippen LogP contribution in [0.15, 0.2) is 5.38 Å². The van der Waals surface area contributed by atoms with Crippen LogP contribution in [-0.4, -0.2) is 24.6 Å². The molecule has 4 nitrogen and oxygen atoms in total. The number of carbonyl (C=O) groups is 1. The third kappa shape index (κ3) is 6.00. The highest BCUT2D eigenvalue weighted by molar-refractivity contribution is 7.13. The standard InChI is InChI=1S/C13H22N2O2S/c1-3-4-5-6-9-14-13-15-11(10-18-13)7-8-12(16)17-2/h10H,3-9H2,1-2H3,(H,14,15). The maximum absolute atomic E-state index is 11.0. The summed E-state index contributed by atoms with van der Waals surface area (Å²) in [5, 5.41) is 6.26. The minimum atomic E-state index is -0.183. The van der Waals surface area contributed by atoms with Crippen LogP contribution >= 0.6 is 11.3 Å². The number of esters is 1. The molecule has 18 heavy (non-hydrogen) atoms. The van der Waals surface area contributed by atoms with Gasteiger partial charge in [-0.2, -0.15) is 0 Å². The Hall–Kier alpha value is -1.10. The number of anilines is 1. The van der Waals surface area contributed by atoms with Crippen molar-refractivity contribution in [3.63, 3.8) is 0 Å². The fourth-order valence-corrected chi connectivity index (χ4v) is 2.36. The van der Waals surface area contributed by atoms with Crippen molar-refractivity contribution in [1.82, 2.24) is 4.98 Å². The van der Waals surface area contributed by atoms with Gasteiger partial charge in [-0.25, -0.2) is 4.98 Å². The van der Waals surface area contributed by atoms with E-state index in [2.05, 4.69) is 22.0 Å². The second kappa shape index (κ2) is 8.91. The first kappa shape index (κ1) is 15.0. The summed E-state index contributed by atoms with van der Waals surface area (Å²) in [5.41, 5.74) is 0.960. The molecule has 0 fully saturated rings. The lowest BCUT2D eigenvalue weighted by atomic mass is 10.2. The Morgan fingerprint density at radius 2 is 2.28 bits per heavy atom. The molecule has 5 heteroatoms. The number of methoxy groups -OCH3 is 1. The third-order valence-corrected chi connectivity index (χ3v) is 3.52. The average Bonchev–Trinajstić information content (AvgIpc) is 2.83. The van der Waals surface area contributed by atoms with Gasteiger partial charge >= 0.3 is 5.97 Å². The number of rotatable bonds is 9. The Labute approximate surface area is 113 Å². The number of nitrogens with zero attached hydrogens (tertiary/aromatic N) is 1. The summed E-state index contributed by atoms with van der Waals surface area (Å²) in [6.07, 6.45) is 6.06. The van der Waals surface area contributed by atoms with Crippen LogP contribution in [0.2, 0.25) is 0 Å². The van der Waals surface area contributed by atoms with Crippen LogP contribution in [0.3, 0.4) is 0 Å². The summed E-state index contributed by atoms with van der Waals surface area (Å²) in [4.78, 5) is 15.4. The highest BCUT2D eigenvalue weighted by Gasteiger charge is 2.05. The Balaban J connectivity index is 2.19. The topological polar surface area (TPSA) is 51.2 Å². The summed E-state index contributed by atoms with van der Waals surface area (Å²) in [5.74, 6) is -0.183. The molecule has 0 atom stereocenters. The smallest absolute Gasteiger partial charge is 0.305 e. The van der Waals surface area contributed by atoms with Crippen molar-refractivity contribution in [2.45, 2.75) is 45.4 Å². The zero-order valence-corrected chi connectivity index (χ0v) is 12.0. The number of hydrogen-bond acceptors (Lipinski definition) is 5. The van der Waals surface area contributed by atoms with Gasteiger partial charge in [-0.1, -0.05) is 26.2 Å². The molecule has 0 bridgehead atoms. The van der Waals surface area contributed by atoms with Crippen LogP contribution in [0, 0.1) is 0 Å². The molecule has 0 saturated carbocycles. The van der Waals surface area contributed by atoms with Crippen molar-refractivity contribution in [2.75, 3.05) is 19.0 Å². The number of unbranched alkanes of at least 4 members (excludes halogenated alkanes) is 3. The summed E-state index contributed by atoms with van der Waals surface area (Å²) in [6, 6.07) is 0. The number of aromatic nitrogens is 1. The molecule has 1 rings (SSSR count). The molecule has 0 spiro atoms. The molecule has 1 aromatic rings. The van der Waals surface area contributed by atoms with Gasteiger partial charge in [-0.3, -0.25) is 4.79 Å². The van der Waals surface area contributed by atoms with E-state index in [9.17, 15) is 4.79 Å². The lowest BCUT2D eigenvalue weighted by Crippen LogP contribution is -2.03. The third-order valence-electron chi connectivity index (χ3n) is 2.67. The monoisotopic (exact) mass is 270 g/mol. The van der Waals surface area contributed by atoms with Gasteiger partial charge in [0.2, 0.25) is 0 Å². The van der Waals surface area contributed by atoms with Gasteiger partial charge < -0.3 is 10.1 Å². The first-order valence-corrected chi connectivity index (χ1v) is 7.39. The van der Waals surface area contributed by atoms with Gasteiger partial charge in [0.1, 0.15) is 0 Å². The molecule has 0 unspecified atom stereocenters. The molecule has 102 valence electrons. The highest BCUT2D eigenvalue weighted by Crippen LogP contribution is 2.16. The summed E-state index contributed by atoms with van der Waals surface area (Å²) >= 11 is 1.60. The number of carbonyl (C=O) groups excluding carboxylic acids is 1. The van der Waals surface area contributed by atoms with Crippen molar-refractivity contribution < 1.29 is 9.53 Å². The molecule has 0 saturated heterocycles. The normalized spacial score (nSPS) is 10.3. The fraction of sp³-hybridized carbons (Fsp3) is 0.692. The van der Waals surface area contributed by atoms with Crippen molar-refractivity contribution in [2.24, 2.45) is 0 Å². The van der Waals surface area contributed by atoms with E-state index in [1.165, 1.54) is 32.8 Å². The van der Waals surface area contributed by atoms with Gasteiger partial charge in [0.05, 0.1) is 19.2 Å². The number of thiazole rings is 1. The van der Waals surface area contributed by atoms with Gasteiger partial charge in [0.15, 0.2) is 5.13 Å². The van der Waals surface area contributed by atoms with Gasteiger partial charge in [-0.15, -0.1) is 11.3 Å². The Morgan fingerprint density at radius 3 is 3.00 bits per heavy atom. The second-order valence-electron chi connectivity index (χ2n) is 4.21. The predicted octanol–water partition coefficient (Wildman–Crippen LogP) is 3.24. The fourth-order valence-electron chi connectivity index (χ4n) is 1.58. The van der Waals surface area contributed by atoms with E-state index in [4.69, 9.17) is 0 Å². The molecule has 0 radical (unpaired) electrons.